The standard InChI is InChI=1S/C12H11N4S.ClHO4/c1-8-7-10(9-5-3-2-4-6-9)16-12(14-8)17-11(13)15-16;2-1(3,4)5/h2-7H,1H3,(H2,13,15);(H,2,3,4,5)/q+1;/p-1. The summed E-state index contributed by atoms with van der Waals surface area (Å²) in [4.78, 5) is 5.24. The number of halogens is 1. The maximum atomic E-state index is 8.49. The van der Waals surface area contributed by atoms with Gasteiger partial charge in [-0.1, -0.05) is 34.8 Å². The molecule has 0 bridgehead atoms. The molecule has 0 amide bonds. The molecule has 0 radical (unpaired) electrons. The molecular formula is C12H11ClN4O4S. The van der Waals surface area contributed by atoms with Crippen LogP contribution in [0.4, 0.5) is 5.13 Å². The fourth-order valence-electron chi connectivity index (χ4n) is 1.78. The minimum atomic E-state index is -4.94. The van der Waals surface area contributed by atoms with Gasteiger partial charge < -0.3 is 5.73 Å². The minimum Gasteiger partial charge on any atom is -0.372 e. The molecule has 2 N–H and O–H groups in total. The van der Waals surface area contributed by atoms with E-state index in [0.29, 0.717) is 5.13 Å². The predicted octanol–water partition coefficient (Wildman–Crippen LogP) is -2.92. The van der Waals surface area contributed by atoms with E-state index in [0.717, 1.165) is 21.9 Å². The number of benzene rings is 1. The number of fused-ring (bicyclic) bond motifs is 1. The summed E-state index contributed by atoms with van der Waals surface area (Å²) in [6.07, 6.45) is 0. The van der Waals surface area contributed by atoms with Crippen molar-refractivity contribution in [2.45, 2.75) is 6.92 Å². The molecule has 0 atom stereocenters. The van der Waals surface area contributed by atoms with Gasteiger partial charge in [0.1, 0.15) is 0 Å². The highest BCUT2D eigenvalue weighted by Gasteiger charge is 2.18. The molecule has 0 aliphatic carbocycles. The fraction of sp³-hybridized carbons (Fsp3) is 0.0833. The number of hydrogen-bond acceptors (Lipinski definition) is 8. The van der Waals surface area contributed by atoms with Crippen LogP contribution in [0.5, 0.6) is 0 Å². The van der Waals surface area contributed by atoms with E-state index in [-0.39, 0.29) is 0 Å². The van der Waals surface area contributed by atoms with Crippen LogP contribution >= 0.6 is 11.3 Å². The van der Waals surface area contributed by atoms with Crippen LogP contribution in [0.1, 0.15) is 5.69 Å². The minimum absolute atomic E-state index is 0.528. The van der Waals surface area contributed by atoms with Gasteiger partial charge in [0.2, 0.25) is 5.13 Å². The Labute approximate surface area is 131 Å². The van der Waals surface area contributed by atoms with Gasteiger partial charge in [-0.2, -0.15) is 0 Å². The van der Waals surface area contributed by atoms with Crippen LogP contribution in [0.15, 0.2) is 36.4 Å². The molecule has 8 nitrogen and oxygen atoms in total. The Morgan fingerprint density at radius 1 is 1.14 bits per heavy atom. The van der Waals surface area contributed by atoms with Gasteiger partial charge in [0.05, 0.1) is 0 Å². The molecule has 0 aliphatic rings. The van der Waals surface area contributed by atoms with Gasteiger partial charge in [0.15, 0.2) is 11.4 Å². The first-order chi connectivity index (χ1) is 10.2. The van der Waals surface area contributed by atoms with E-state index < -0.39 is 10.2 Å². The molecule has 0 spiro atoms. The monoisotopic (exact) mass is 342 g/mol. The first kappa shape index (κ1) is 16.5. The third kappa shape index (κ3) is 4.56. The van der Waals surface area contributed by atoms with Crippen molar-refractivity contribution in [3.8, 4) is 11.3 Å². The van der Waals surface area contributed by atoms with Crippen molar-refractivity contribution in [1.82, 2.24) is 10.1 Å². The largest absolute Gasteiger partial charge is 0.412 e. The summed E-state index contributed by atoms with van der Waals surface area (Å²) in [5.41, 5.74) is 8.82. The van der Waals surface area contributed by atoms with Crippen LogP contribution in [-0.4, -0.2) is 10.1 Å². The maximum Gasteiger partial charge on any atom is 0.412 e. The van der Waals surface area contributed by atoms with E-state index in [1.165, 1.54) is 11.3 Å². The van der Waals surface area contributed by atoms with Gasteiger partial charge in [0.25, 0.3) is 0 Å². The van der Waals surface area contributed by atoms with Gasteiger partial charge in [-0.3, -0.25) is 0 Å². The summed E-state index contributed by atoms with van der Waals surface area (Å²) in [6.45, 7) is 1.97. The Balaban J connectivity index is 0.000000309. The number of aryl methyl sites for hydroxylation is 1. The summed E-state index contributed by atoms with van der Waals surface area (Å²) < 4.78 is 35.8. The molecule has 2 heterocycles. The molecule has 1 aromatic carbocycles. The van der Waals surface area contributed by atoms with Crippen molar-refractivity contribution in [2.75, 3.05) is 5.73 Å². The Morgan fingerprint density at radius 3 is 2.32 bits per heavy atom. The first-order valence-electron chi connectivity index (χ1n) is 5.87. The molecule has 22 heavy (non-hydrogen) atoms. The van der Waals surface area contributed by atoms with Crippen molar-refractivity contribution >= 4 is 21.4 Å². The van der Waals surface area contributed by atoms with Crippen LogP contribution in [0.2, 0.25) is 0 Å². The van der Waals surface area contributed by atoms with E-state index in [9.17, 15) is 0 Å². The van der Waals surface area contributed by atoms with E-state index in [4.69, 9.17) is 24.4 Å². The van der Waals surface area contributed by atoms with Crippen molar-refractivity contribution < 1.29 is 33.4 Å². The number of aromatic nitrogens is 3. The van der Waals surface area contributed by atoms with Gasteiger partial charge >= 0.3 is 4.96 Å². The Hall–Kier alpha value is -1.88. The van der Waals surface area contributed by atoms with Gasteiger partial charge in [0, 0.05) is 18.6 Å². The van der Waals surface area contributed by atoms with E-state index in [1.807, 2.05) is 31.2 Å². The summed E-state index contributed by atoms with van der Waals surface area (Å²) in [5.74, 6) is 0. The average molecular weight is 343 g/mol. The lowest BCUT2D eigenvalue weighted by atomic mass is 10.1. The molecule has 0 aliphatic heterocycles. The van der Waals surface area contributed by atoms with E-state index in [2.05, 4.69) is 22.2 Å². The van der Waals surface area contributed by atoms with Crippen molar-refractivity contribution in [3.05, 3.63) is 42.1 Å². The second kappa shape index (κ2) is 6.48. The lowest BCUT2D eigenvalue weighted by molar-refractivity contribution is -2.00. The number of nitrogens with two attached hydrogens (primary N) is 1. The maximum absolute atomic E-state index is 8.49. The zero-order chi connectivity index (χ0) is 16.3. The molecule has 0 saturated carbocycles. The van der Waals surface area contributed by atoms with Gasteiger partial charge in [-0.25, -0.2) is 18.6 Å². The second-order valence-corrected chi connectivity index (χ2v) is 5.90. The number of hydrogen-bond donors (Lipinski definition) is 1. The summed E-state index contributed by atoms with van der Waals surface area (Å²) in [6, 6.07) is 12.1. The zero-order valence-electron chi connectivity index (χ0n) is 11.3. The lowest BCUT2D eigenvalue weighted by Crippen LogP contribution is -2.68. The fourth-order valence-corrected chi connectivity index (χ4v) is 2.51. The van der Waals surface area contributed by atoms with Crippen molar-refractivity contribution in [2.24, 2.45) is 0 Å². The van der Waals surface area contributed by atoms with Gasteiger partial charge in [-0.15, -0.1) is 10.2 Å². The molecule has 116 valence electrons. The Morgan fingerprint density at radius 2 is 1.73 bits per heavy atom. The van der Waals surface area contributed by atoms with Crippen molar-refractivity contribution in [3.63, 3.8) is 0 Å². The van der Waals surface area contributed by atoms with Gasteiger partial charge in [-0.05, 0) is 21.4 Å². The highest BCUT2D eigenvalue weighted by molar-refractivity contribution is 7.19. The molecule has 0 fully saturated rings. The average Bonchev–Trinajstić information content (AvgIpc) is 2.77. The number of rotatable bonds is 1. The predicted molar refractivity (Wildman–Crippen MR) is 67.7 cm³/mol. The lowest BCUT2D eigenvalue weighted by Gasteiger charge is -2.17. The third-order valence-corrected chi connectivity index (χ3v) is 3.23. The Bertz CT molecular complexity index is 770. The molecule has 10 heteroatoms. The highest BCUT2D eigenvalue weighted by Crippen LogP contribution is 2.19. The summed E-state index contributed by atoms with van der Waals surface area (Å²) in [5, 5.41) is 4.81. The van der Waals surface area contributed by atoms with E-state index in [1.54, 1.807) is 4.52 Å². The van der Waals surface area contributed by atoms with E-state index >= 15 is 0 Å². The molecule has 0 unspecified atom stereocenters. The normalized spacial score (nSPS) is 11.1. The summed E-state index contributed by atoms with van der Waals surface area (Å²) in [7, 11) is -4.94. The van der Waals surface area contributed by atoms with Crippen LogP contribution in [0.3, 0.4) is 0 Å². The van der Waals surface area contributed by atoms with Crippen LogP contribution in [-0.2, 0) is 0 Å². The second-order valence-electron chi connectivity index (χ2n) is 4.16. The van der Waals surface area contributed by atoms with Crippen LogP contribution in [0.25, 0.3) is 16.2 Å². The Kier molecular flexibility index (Phi) is 4.86. The number of nitrogens with zero attached hydrogens (tertiary/aromatic N) is 3. The summed E-state index contributed by atoms with van der Waals surface area (Å²) >= 11 is 1.39. The number of nitrogen functional groups attached to an aromatic ring is 1. The molecule has 3 aromatic rings. The smallest absolute Gasteiger partial charge is 0.372 e. The third-order valence-electron chi connectivity index (χ3n) is 2.49. The van der Waals surface area contributed by atoms with Crippen LogP contribution < -0.4 is 28.9 Å². The zero-order valence-corrected chi connectivity index (χ0v) is 12.9. The molecule has 3 rings (SSSR count). The first-order valence-corrected chi connectivity index (χ1v) is 7.92. The molecule has 2 aromatic heterocycles. The highest BCUT2D eigenvalue weighted by atomic mass is 35.7. The quantitative estimate of drug-likeness (QED) is 0.465. The van der Waals surface area contributed by atoms with Crippen molar-refractivity contribution in [1.29, 1.82) is 0 Å². The topological polar surface area (TPSA) is 148 Å². The molecular weight excluding hydrogens is 332 g/mol. The number of anilines is 1. The molecule has 0 saturated heterocycles. The SMILES string of the molecule is Cc1cc(-c2ccccc2)[n+]2nc(N)sc2n1.[O-][Cl+3]([O-])([O-])[O-]. The van der Waals surface area contributed by atoms with Crippen LogP contribution in [0, 0.1) is 17.2 Å².